The van der Waals surface area contributed by atoms with Crippen molar-refractivity contribution in [3.8, 4) is 0 Å². The second-order valence-electron chi connectivity index (χ2n) is 10.9. The van der Waals surface area contributed by atoms with Crippen LogP contribution in [0.2, 0.25) is 4.34 Å². The highest BCUT2D eigenvalue weighted by Crippen LogP contribution is 2.37. The molecule has 0 saturated carbocycles. The molecule has 190 valence electrons. The van der Waals surface area contributed by atoms with Gasteiger partial charge in [0.15, 0.2) is 0 Å². The maximum atomic E-state index is 13.7. The molecule has 35 heavy (non-hydrogen) atoms. The number of halogens is 1. The first kappa shape index (κ1) is 27.0. The minimum Gasteiger partial charge on any atom is -0.444 e. The van der Waals surface area contributed by atoms with Crippen LogP contribution in [-0.2, 0) is 16.1 Å². The monoisotopic (exact) mass is 519 g/mol. The van der Waals surface area contributed by atoms with Crippen LogP contribution in [-0.4, -0.2) is 40.0 Å². The number of ether oxygens (including phenoxy) is 1. The van der Waals surface area contributed by atoms with E-state index in [1.54, 1.807) is 37.8 Å². The van der Waals surface area contributed by atoms with E-state index in [2.05, 4.69) is 10.6 Å². The van der Waals surface area contributed by atoms with Crippen molar-refractivity contribution in [1.82, 2.24) is 15.5 Å². The Bertz CT molecular complexity index is 1100. The van der Waals surface area contributed by atoms with Crippen LogP contribution in [0.4, 0.5) is 4.79 Å². The minimum absolute atomic E-state index is 0.212. The Balaban J connectivity index is 2.09. The number of nitrogens with one attached hydrogen (secondary N) is 2. The summed E-state index contributed by atoms with van der Waals surface area (Å²) in [6, 6.07) is 9.54. The van der Waals surface area contributed by atoms with E-state index in [1.165, 1.54) is 11.3 Å². The van der Waals surface area contributed by atoms with Gasteiger partial charge in [0.1, 0.15) is 11.6 Å². The highest BCUT2D eigenvalue weighted by molar-refractivity contribution is 7.18. The van der Waals surface area contributed by atoms with Crippen LogP contribution in [0.5, 0.6) is 0 Å². The molecule has 0 bridgehead atoms. The lowest BCUT2D eigenvalue weighted by molar-refractivity contribution is -0.129. The second-order valence-corrected chi connectivity index (χ2v) is 12.6. The molecule has 2 heterocycles. The van der Waals surface area contributed by atoms with Crippen LogP contribution in [0.15, 0.2) is 36.4 Å². The Morgan fingerprint density at radius 2 is 1.71 bits per heavy atom. The molecule has 0 spiro atoms. The van der Waals surface area contributed by atoms with Crippen molar-refractivity contribution in [2.24, 2.45) is 5.92 Å². The lowest BCUT2D eigenvalue weighted by Gasteiger charge is -2.37. The van der Waals surface area contributed by atoms with Crippen molar-refractivity contribution in [3.63, 3.8) is 0 Å². The van der Waals surface area contributed by atoms with Crippen molar-refractivity contribution in [1.29, 1.82) is 0 Å². The molecule has 2 N–H and O–H groups in total. The summed E-state index contributed by atoms with van der Waals surface area (Å²) in [5.41, 5.74) is 0.507. The fraction of sp³-hybridized carbons (Fsp3) is 0.500. The molecule has 1 aromatic heterocycles. The minimum atomic E-state index is -0.852. The number of carbonyl (C=O) groups is 3. The fourth-order valence-electron chi connectivity index (χ4n) is 4.25. The highest BCUT2D eigenvalue weighted by atomic mass is 35.5. The zero-order valence-electron chi connectivity index (χ0n) is 21.3. The van der Waals surface area contributed by atoms with Gasteiger partial charge in [0, 0.05) is 18.0 Å². The fourth-order valence-corrected chi connectivity index (χ4v) is 5.25. The molecular weight excluding hydrogens is 486 g/mol. The van der Waals surface area contributed by atoms with Gasteiger partial charge in [0.25, 0.3) is 5.91 Å². The molecule has 0 fully saturated rings. The van der Waals surface area contributed by atoms with Gasteiger partial charge in [-0.15, -0.1) is 11.3 Å². The molecule has 3 atom stereocenters. The van der Waals surface area contributed by atoms with Gasteiger partial charge in [-0.2, -0.15) is 0 Å². The summed E-state index contributed by atoms with van der Waals surface area (Å²) in [5.74, 6) is -1.03. The zero-order chi connectivity index (χ0) is 26.1. The number of hydrogen-bond donors (Lipinski definition) is 2. The Kier molecular flexibility index (Phi) is 7.86. The molecule has 1 aromatic carbocycles. The number of benzene rings is 1. The van der Waals surface area contributed by atoms with E-state index in [9.17, 15) is 14.4 Å². The smallest absolute Gasteiger partial charge is 0.408 e. The SMILES string of the molecule is C[C@H]1[C@H](NC(=O)OC(C)(C)C)c2ccccc2CN(C(=O)c2ccc(Cl)s2)[C@H]1C(=O)NC(C)(C)C. The van der Waals surface area contributed by atoms with Gasteiger partial charge in [-0.1, -0.05) is 42.8 Å². The highest BCUT2D eigenvalue weighted by Gasteiger charge is 2.44. The first-order chi connectivity index (χ1) is 16.2. The van der Waals surface area contributed by atoms with Crippen LogP contribution in [0.3, 0.4) is 0 Å². The first-order valence-corrected chi connectivity index (χ1v) is 12.8. The molecule has 0 saturated heterocycles. The van der Waals surface area contributed by atoms with Gasteiger partial charge < -0.3 is 20.3 Å². The van der Waals surface area contributed by atoms with E-state index >= 15 is 0 Å². The van der Waals surface area contributed by atoms with Gasteiger partial charge in [-0.25, -0.2) is 4.79 Å². The zero-order valence-corrected chi connectivity index (χ0v) is 22.8. The number of thiophene rings is 1. The number of fused-ring (bicyclic) bond motifs is 1. The third kappa shape index (κ3) is 6.76. The molecule has 1 aliphatic rings. The summed E-state index contributed by atoms with van der Waals surface area (Å²) in [6.07, 6.45) is -0.580. The lowest BCUT2D eigenvalue weighted by Crippen LogP contribution is -2.57. The topological polar surface area (TPSA) is 87.7 Å². The summed E-state index contributed by atoms with van der Waals surface area (Å²) >= 11 is 7.29. The summed E-state index contributed by atoms with van der Waals surface area (Å²) in [6.45, 7) is 13.1. The number of nitrogens with zero attached hydrogens (tertiary/aromatic N) is 1. The molecule has 3 rings (SSSR count). The molecular formula is C26H34ClN3O4S. The van der Waals surface area contributed by atoms with Crippen LogP contribution >= 0.6 is 22.9 Å². The Hall–Kier alpha value is -2.58. The van der Waals surface area contributed by atoms with E-state index in [0.717, 1.165) is 11.1 Å². The summed E-state index contributed by atoms with van der Waals surface area (Å²) in [5, 5.41) is 6.00. The number of alkyl carbamates (subject to hydrolysis) is 1. The van der Waals surface area contributed by atoms with Gasteiger partial charge in [0.2, 0.25) is 5.91 Å². The normalized spacial score (nSPS) is 20.5. The first-order valence-electron chi connectivity index (χ1n) is 11.6. The van der Waals surface area contributed by atoms with Crippen molar-refractivity contribution in [2.75, 3.05) is 0 Å². The lowest BCUT2D eigenvalue weighted by atomic mass is 9.87. The molecule has 7 nitrogen and oxygen atoms in total. The predicted octanol–water partition coefficient (Wildman–Crippen LogP) is 5.54. The third-order valence-corrected chi connectivity index (χ3v) is 6.79. The largest absolute Gasteiger partial charge is 0.444 e. The van der Waals surface area contributed by atoms with Gasteiger partial charge in [0.05, 0.1) is 15.3 Å². The average Bonchev–Trinajstić information content (AvgIpc) is 3.10. The number of carbonyl (C=O) groups excluding carboxylic acids is 3. The van der Waals surface area contributed by atoms with E-state index < -0.39 is 35.2 Å². The van der Waals surface area contributed by atoms with Crippen LogP contribution in [0.1, 0.15) is 75.3 Å². The molecule has 2 aromatic rings. The van der Waals surface area contributed by atoms with E-state index in [1.807, 2.05) is 52.0 Å². The molecule has 3 amide bonds. The van der Waals surface area contributed by atoms with Crippen molar-refractivity contribution in [2.45, 2.75) is 78.2 Å². The second kappa shape index (κ2) is 10.2. The van der Waals surface area contributed by atoms with Gasteiger partial charge in [-0.3, -0.25) is 9.59 Å². The van der Waals surface area contributed by atoms with E-state index in [-0.39, 0.29) is 18.4 Å². The average molecular weight is 520 g/mol. The Morgan fingerprint density at radius 1 is 1.06 bits per heavy atom. The predicted molar refractivity (Wildman–Crippen MR) is 139 cm³/mol. The summed E-state index contributed by atoms with van der Waals surface area (Å²) in [4.78, 5) is 42.2. The number of hydrogen-bond acceptors (Lipinski definition) is 5. The van der Waals surface area contributed by atoms with Crippen LogP contribution in [0.25, 0.3) is 0 Å². The van der Waals surface area contributed by atoms with E-state index in [4.69, 9.17) is 16.3 Å². The molecule has 9 heteroatoms. The molecule has 0 unspecified atom stereocenters. The molecule has 1 aliphatic heterocycles. The Morgan fingerprint density at radius 3 is 2.29 bits per heavy atom. The van der Waals surface area contributed by atoms with Crippen LogP contribution < -0.4 is 10.6 Å². The maximum Gasteiger partial charge on any atom is 0.408 e. The Labute approximate surface area is 216 Å². The van der Waals surface area contributed by atoms with Crippen molar-refractivity contribution < 1.29 is 19.1 Å². The third-order valence-electron chi connectivity index (χ3n) is 5.57. The molecule has 0 aliphatic carbocycles. The van der Waals surface area contributed by atoms with Gasteiger partial charge in [-0.05, 0) is 64.8 Å². The van der Waals surface area contributed by atoms with Crippen molar-refractivity contribution >= 4 is 40.8 Å². The molecule has 0 radical (unpaired) electrons. The van der Waals surface area contributed by atoms with Gasteiger partial charge >= 0.3 is 6.09 Å². The summed E-state index contributed by atoms with van der Waals surface area (Å²) < 4.78 is 6.02. The standard InChI is InChI=1S/C26H34ClN3O4S/c1-15-20(28-24(33)34-26(5,6)7)17-11-9-8-10-16(17)14-30(21(15)22(31)29-25(2,3)4)23(32)18-12-13-19(27)35-18/h8-13,15,20-21H,14H2,1-7H3,(H,28,33)(H,29,31)/t15-,20-,21+/m0/s1. The van der Waals surface area contributed by atoms with Crippen molar-refractivity contribution in [3.05, 3.63) is 56.7 Å². The number of amides is 3. The van der Waals surface area contributed by atoms with E-state index in [0.29, 0.717) is 9.21 Å². The quantitative estimate of drug-likeness (QED) is 0.557. The van der Waals surface area contributed by atoms with Crippen LogP contribution in [0, 0.1) is 5.92 Å². The maximum absolute atomic E-state index is 13.7. The number of rotatable bonds is 3. The summed E-state index contributed by atoms with van der Waals surface area (Å²) in [7, 11) is 0.